The van der Waals surface area contributed by atoms with Gasteiger partial charge in [-0.2, -0.15) is 21.8 Å². The SMILES string of the molecule is CSCC[C@H](NC(C)=O)c1nc(-c2ccc(C)nn2)no1. The Balaban J connectivity index is 2.18. The molecule has 0 aliphatic carbocycles. The zero-order valence-corrected chi connectivity index (χ0v) is 13.0. The molecule has 0 fully saturated rings. The van der Waals surface area contributed by atoms with Gasteiger partial charge in [0.1, 0.15) is 11.7 Å². The van der Waals surface area contributed by atoms with Gasteiger partial charge in [-0.05, 0) is 37.5 Å². The van der Waals surface area contributed by atoms with Crippen LogP contribution in [0.5, 0.6) is 0 Å². The quantitative estimate of drug-likeness (QED) is 0.869. The molecule has 0 bridgehead atoms. The molecule has 8 heteroatoms. The first-order chi connectivity index (χ1) is 10.1. The van der Waals surface area contributed by atoms with E-state index in [-0.39, 0.29) is 11.9 Å². The van der Waals surface area contributed by atoms with E-state index in [1.807, 2.05) is 19.2 Å². The van der Waals surface area contributed by atoms with Crippen LogP contribution in [0.15, 0.2) is 16.7 Å². The highest BCUT2D eigenvalue weighted by Crippen LogP contribution is 2.20. The number of thioether (sulfide) groups is 1. The summed E-state index contributed by atoms with van der Waals surface area (Å²) >= 11 is 1.69. The number of rotatable bonds is 6. The Morgan fingerprint density at radius 2 is 2.24 bits per heavy atom. The van der Waals surface area contributed by atoms with Crippen molar-refractivity contribution in [1.82, 2.24) is 25.7 Å². The molecule has 0 aliphatic heterocycles. The van der Waals surface area contributed by atoms with Gasteiger partial charge >= 0.3 is 0 Å². The highest BCUT2D eigenvalue weighted by atomic mass is 32.2. The average Bonchev–Trinajstić information content (AvgIpc) is 2.93. The Morgan fingerprint density at radius 1 is 1.43 bits per heavy atom. The highest BCUT2D eigenvalue weighted by Gasteiger charge is 2.20. The fraction of sp³-hybridized carbons (Fsp3) is 0.462. The molecule has 0 spiro atoms. The molecule has 2 heterocycles. The molecule has 0 unspecified atom stereocenters. The summed E-state index contributed by atoms with van der Waals surface area (Å²) in [6.45, 7) is 3.32. The van der Waals surface area contributed by atoms with Crippen LogP contribution in [0.1, 0.15) is 31.0 Å². The smallest absolute Gasteiger partial charge is 0.249 e. The topological polar surface area (TPSA) is 93.8 Å². The number of aryl methyl sites for hydroxylation is 1. The number of carbonyl (C=O) groups is 1. The first-order valence-electron chi connectivity index (χ1n) is 6.50. The molecule has 21 heavy (non-hydrogen) atoms. The zero-order chi connectivity index (χ0) is 15.2. The van der Waals surface area contributed by atoms with Gasteiger partial charge < -0.3 is 9.84 Å². The van der Waals surface area contributed by atoms with E-state index in [0.29, 0.717) is 17.4 Å². The van der Waals surface area contributed by atoms with Gasteiger partial charge in [0.2, 0.25) is 17.6 Å². The predicted molar refractivity (Wildman–Crippen MR) is 79.6 cm³/mol. The van der Waals surface area contributed by atoms with Crippen molar-refractivity contribution in [3.63, 3.8) is 0 Å². The maximum absolute atomic E-state index is 11.3. The zero-order valence-electron chi connectivity index (χ0n) is 12.2. The van der Waals surface area contributed by atoms with Crippen molar-refractivity contribution in [2.24, 2.45) is 0 Å². The monoisotopic (exact) mass is 307 g/mol. The number of nitrogens with one attached hydrogen (secondary N) is 1. The number of hydrogen-bond donors (Lipinski definition) is 1. The van der Waals surface area contributed by atoms with Crippen LogP contribution in [0.25, 0.3) is 11.5 Å². The fourth-order valence-electron chi connectivity index (χ4n) is 1.74. The van der Waals surface area contributed by atoms with Crippen molar-refractivity contribution in [2.45, 2.75) is 26.3 Å². The maximum atomic E-state index is 11.3. The summed E-state index contributed by atoms with van der Waals surface area (Å²) < 4.78 is 5.26. The van der Waals surface area contributed by atoms with Crippen LogP contribution in [0.4, 0.5) is 0 Å². The van der Waals surface area contributed by atoms with Gasteiger partial charge in [-0.3, -0.25) is 4.79 Å². The Hall–Kier alpha value is -1.96. The molecule has 2 aromatic heterocycles. The minimum absolute atomic E-state index is 0.129. The van der Waals surface area contributed by atoms with E-state index in [4.69, 9.17) is 4.52 Å². The molecule has 0 saturated carbocycles. The van der Waals surface area contributed by atoms with Crippen LogP contribution >= 0.6 is 11.8 Å². The Morgan fingerprint density at radius 3 is 2.86 bits per heavy atom. The molecular weight excluding hydrogens is 290 g/mol. The second kappa shape index (κ2) is 7.16. The highest BCUT2D eigenvalue weighted by molar-refractivity contribution is 7.98. The molecule has 0 aliphatic rings. The van der Waals surface area contributed by atoms with Crippen molar-refractivity contribution in [1.29, 1.82) is 0 Å². The first-order valence-corrected chi connectivity index (χ1v) is 7.90. The van der Waals surface area contributed by atoms with Gasteiger partial charge in [-0.1, -0.05) is 5.16 Å². The Bertz CT molecular complexity index is 599. The van der Waals surface area contributed by atoms with Crippen LogP contribution in [-0.4, -0.2) is 38.3 Å². The molecule has 0 aromatic carbocycles. The average molecular weight is 307 g/mol. The van der Waals surface area contributed by atoms with Gasteiger partial charge in [-0.15, -0.1) is 5.10 Å². The minimum atomic E-state index is -0.283. The molecule has 1 amide bonds. The van der Waals surface area contributed by atoms with E-state index in [0.717, 1.165) is 17.9 Å². The standard InChI is InChI=1S/C13H17N5O2S/c1-8-4-5-10(17-16-8)12-15-13(20-18-12)11(6-7-21-3)14-9(2)19/h4-5,11H,6-7H2,1-3H3,(H,14,19)/t11-/m0/s1. The third kappa shape index (κ3) is 4.25. The third-order valence-corrected chi connectivity index (χ3v) is 3.40. The van der Waals surface area contributed by atoms with Crippen molar-refractivity contribution < 1.29 is 9.32 Å². The molecule has 112 valence electrons. The van der Waals surface area contributed by atoms with Crippen LogP contribution in [0, 0.1) is 6.92 Å². The minimum Gasteiger partial charge on any atom is -0.345 e. The van der Waals surface area contributed by atoms with Crippen molar-refractivity contribution in [2.75, 3.05) is 12.0 Å². The molecular formula is C13H17N5O2S. The van der Waals surface area contributed by atoms with Gasteiger partial charge in [0.15, 0.2) is 0 Å². The van der Waals surface area contributed by atoms with E-state index in [1.54, 1.807) is 17.8 Å². The van der Waals surface area contributed by atoms with Crippen LogP contribution in [0.2, 0.25) is 0 Å². The van der Waals surface area contributed by atoms with Crippen LogP contribution in [0.3, 0.4) is 0 Å². The summed E-state index contributed by atoms with van der Waals surface area (Å²) in [6, 6.07) is 3.33. The summed E-state index contributed by atoms with van der Waals surface area (Å²) in [6.07, 6.45) is 2.73. The normalized spacial score (nSPS) is 12.1. The summed E-state index contributed by atoms with van der Waals surface area (Å²) in [4.78, 5) is 15.6. The lowest BCUT2D eigenvalue weighted by atomic mass is 10.2. The summed E-state index contributed by atoms with van der Waals surface area (Å²) in [5.74, 6) is 1.51. The molecule has 1 N–H and O–H groups in total. The molecule has 0 saturated heterocycles. The molecule has 2 aromatic rings. The number of aromatic nitrogens is 4. The second-order valence-corrected chi connectivity index (χ2v) is 5.54. The first kappa shape index (κ1) is 15.4. The Kier molecular flexibility index (Phi) is 5.26. The predicted octanol–water partition coefficient (Wildman–Crippen LogP) is 1.77. The number of nitrogens with zero attached hydrogens (tertiary/aromatic N) is 4. The molecule has 1 atom stereocenters. The second-order valence-electron chi connectivity index (χ2n) is 4.55. The number of hydrogen-bond acceptors (Lipinski definition) is 7. The van der Waals surface area contributed by atoms with E-state index in [1.165, 1.54) is 6.92 Å². The van der Waals surface area contributed by atoms with Crippen molar-refractivity contribution in [3.8, 4) is 11.5 Å². The lowest BCUT2D eigenvalue weighted by Crippen LogP contribution is -2.26. The molecule has 2 rings (SSSR count). The van der Waals surface area contributed by atoms with Crippen molar-refractivity contribution in [3.05, 3.63) is 23.7 Å². The lowest BCUT2D eigenvalue weighted by Gasteiger charge is -2.12. The van der Waals surface area contributed by atoms with E-state index in [2.05, 4.69) is 25.7 Å². The van der Waals surface area contributed by atoms with E-state index in [9.17, 15) is 4.79 Å². The largest absolute Gasteiger partial charge is 0.345 e. The third-order valence-electron chi connectivity index (χ3n) is 2.75. The molecule has 0 radical (unpaired) electrons. The van der Waals surface area contributed by atoms with Crippen molar-refractivity contribution >= 4 is 17.7 Å². The fourth-order valence-corrected chi connectivity index (χ4v) is 2.21. The van der Waals surface area contributed by atoms with Gasteiger partial charge in [-0.25, -0.2) is 0 Å². The summed E-state index contributed by atoms with van der Waals surface area (Å²) in [7, 11) is 0. The Labute approximate surface area is 126 Å². The number of amides is 1. The maximum Gasteiger partial charge on any atom is 0.249 e. The number of carbonyl (C=O) groups excluding carboxylic acids is 1. The van der Waals surface area contributed by atoms with Gasteiger partial charge in [0.05, 0.1) is 5.69 Å². The van der Waals surface area contributed by atoms with Crippen LogP contribution in [-0.2, 0) is 4.79 Å². The van der Waals surface area contributed by atoms with E-state index < -0.39 is 0 Å². The van der Waals surface area contributed by atoms with Gasteiger partial charge in [0.25, 0.3) is 0 Å². The van der Waals surface area contributed by atoms with Gasteiger partial charge in [0, 0.05) is 6.92 Å². The lowest BCUT2D eigenvalue weighted by molar-refractivity contribution is -0.119. The van der Waals surface area contributed by atoms with E-state index >= 15 is 0 Å². The summed E-state index contributed by atoms with van der Waals surface area (Å²) in [5.41, 5.74) is 1.36. The van der Waals surface area contributed by atoms with Crippen LogP contribution < -0.4 is 5.32 Å². The molecule has 7 nitrogen and oxygen atoms in total. The summed E-state index contributed by atoms with van der Waals surface area (Å²) in [5, 5.41) is 14.7.